The second-order valence-corrected chi connectivity index (χ2v) is 6.53. The van der Waals surface area contributed by atoms with Crippen LogP contribution in [0.3, 0.4) is 0 Å². The van der Waals surface area contributed by atoms with Crippen LogP contribution >= 0.6 is 0 Å². The Morgan fingerprint density at radius 3 is 2.33 bits per heavy atom. The molecule has 2 rings (SSSR count). The zero-order valence-electron chi connectivity index (χ0n) is 15.0. The van der Waals surface area contributed by atoms with Crippen LogP contribution in [0.4, 0.5) is 4.79 Å². The molecule has 0 aromatic heterocycles. The Labute approximate surface area is 155 Å². The summed E-state index contributed by atoms with van der Waals surface area (Å²) in [6, 6.07) is 7.89. The molecule has 1 aliphatic heterocycles. The monoisotopic (exact) mass is 379 g/mol. The van der Waals surface area contributed by atoms with Gasteiger partial charge in [0.2, 0.25) is 0 Å². The third-order valence-electron chi connectivity index (χ3n) is 3.74. The van der Waals surface area contributed by atoms with Crippen molar-refractivity contribution in [2.75, 3.05) is 0 Å². The van der Waals surface area contributed by atoms with Crippen molar-refractivity contribution in [3.05, 3.63) is 35.9 Å². The van der Waals surface area contributed by atoms with Gasteiger partial charge in [-0.3, -0.25) is 14.4 Å². The Hall–Kier alpha value is -3.10. The van der Waals surface area contributed by atoms with Gasteiger partial charge >= 0.3 is 24.0 Å². The second kappa shape index (κ2) is 8.52. The summed E-state index contributed by atoms with van der Waals surface area (Å²) in [4.78, 5) is 47.1. The molecule has 0 spiro atoms. The first kappa shape index (κ1) is 20.2. The number of benzene rings is 1. The minimum Gasteiger partial charge on any atom is -0.481 e. The largest absolute Gasteiger partial charge is 0.481 e. The molecule has 0 saturated carbocycles. The number of ether oxygens (including phenoxy) is 3. The summed E-state index contributed by atoms with van der Waals surface area (Å²) in [7, 11) is 0. The third-order valence-corrected chi connectivity index (χ3v) is 3.74. The lowest BCUT2D eigenvalue weighted by molar-refractivity contribution is -0.240. The highest BCUT2D eigenvalue weighted by Gasteiger charge is 2.44. The van der Waals surface area contributed by atoms with E-state index >= 15 is 0 Å². The zero-order valence-corrected chi connectivity index (χ0v) is 15.0. The van der Waals surface area contributed by atoms with Crippen LogP contribution in [-0.2, 0) is 35.2 Å². The van der Waals surface area contributed by atoms with Crippen LogP contribution in [-0.4, -0.2) is 40.9 Å². The summed E-state index contributed by atoms with van der Waals surface area (Å²) in [5.74, 6) is -5.56. The van der Waals surface area contributed by atoms with Gasteiger partial charge in [0.05, 0.1) is 6.42 Å². The van der Waals surface area contributed by atoms with E-state index in [1.807, 2.05) is 6.07 Å². The number of aliphatic carboxylic acids is 1. The van der Waals surface area contributed by atoms with Crippen molar-refractivity contribution in [1.82, 2.24) is 5.32 Å². The lowest BCUT2D eigenvalue weighted by atomic mass is 9.97. The Kier molecular flexibility index (Phi) is 6.38. The molecule has 1 fully saturated rings. The molecule has 1 saturated heterocycles. The van der Waals surface area contributed by atoms with Crippen molar-refractivity contribution in [3.63, 3.8) is 0 Å². The number of carboxylic acid groups (broad SMARTS) is 1. The van der Waals surface area contributed by atoms with Crippen molar-refractivity contribution >= 4 is 24.0 Å². The Balaban J connectivity index is 1.96. The number of cyclic esters (lactones) is 2. The maximum absolute atomic E-state index is 12.0. The molecule has 0 bridgehead atoms. The van der Waals surface area contributed by atoms with Gasteiger partial charge in [0, 0.05) is 19.9 Å². The molecule has 146 valence electrons. The maximum atomic E-state index is 12.0. The van der Waals surface area contributed by atoms with E-state index in [-0.39, 0.29) is 13.0 Å². The molecule has 1 aromatic rings. The molecule has 1 aliphatic rings. The minimum atomic E-state index is -1.38. The normalized spacial score (nSPS) is 17.4. The predicted molar refractivity (Wildman–Crippen MR) is 90.2 cm³/mol. The van der Waals surface area contributed by atoms with Gasteiger partial charge in [-0.2, -0.15) is 0 Å². The highest BCUT2D eigenvalue weighted by molar-refractivity contribution is 5.96. The van der Waals surface area contributed by atoms with E-state index in [4.69, 9.17) is 19.3 Å². The molecule has 2 N–H and O–H groups in total. The first-order valence-corrected chi connectivity index (χ1v) is 8.31. The quantitative estimate of drug-likeness (QED) is 0.540. The van der Waals surface area contributed by atoms with Crippen LogP contribution in [0.1, 0.15) is 32.3 Å². The van der Waals surface area contributed by atoms with Crippen LogP contribution < -0.4 is 5.32 Å². The second-order valence-electron chi connectivity index (χ2n) is 6.53. The maximum Gasteiger partial charge on any atom is 0.407 e. The van der Waals surface area contributed by atoms with E-state index in [1.165, 1.54) is 13.8 Å². The molecule has 0 aliphatic carbocycles. The summed E-state index contributed by atoms with van der Waals surface area (Å²) in [6.07, 6.45) is -1.63. The SMILES string of the molecule is CC1(C)OC(=O)C(C[C@@H](CC(=O)O)NC(=O)OCc2ccccc2)C(=O)O1. The van der Waals surface area contributed by atoms with E-state index in [0.29, 0.717) is 0 Å². The molecule has 1 heterocycles. The first-order valence-electron chi connectivity index (χ1n) is 8.31. The van der Waals surface area contributed by atoms with Crippen LogP contribution in [0.25, 0.3) is 0 Å². The summed E-state index contributed by atoms with van der Waals surface area (Å²) in [6.45, 7) is 2.81. The van der Waals surface area contributed by atoms with E-state index < -0.39 is 48.2 Å². The van der Waals surface area contributed by atoms with Gasteiger partial charge in [-0.05, 0) is 12.0 Å². The molecule has 9 nitrogen and oxygen atoms in total. The molecule has 0 unspecified atom stereocenters. The Bertz CT molecular complexity index is 695. The summed E-state index contributed by atoms with van der Waals surface area (Å²) >= 11 is 0. The van der Waals surface area contributed by atoms with Crippen molar-refractivity contribution in [3.8, 4) is 0 Å². The van der Waals surface area contributed by atoms with Gasteiger partial charge in [-0.15, -0.1) is 0 Å². The molecule has 0 radical (unpaired) electrons. The van der Waals surface area contributed by atoms with E-state index in [9.17, 15) is 19.2 Å². The number of hydrogen-bond acceptors (Lipinski definition) is 7. The lowest BCUT2D eigenvalue weighted by Crippen LogP contribution is -2.49. The van der Waals surface area contributed by atoms with Crippen LogP contribution in [0.5, 0.6) is 0 Å². The summed E-state index contributed by atoms with van der Waals surface area (Å²) in [5.41, 5.74) is 0.754. The highest BCUT2D eigenvalue weighted by Crippen LogP contribution is 2.26. The van der Waals surface area contributed by atoms with Crippen molar-refractivity contribution in [2.24, 2.45) is 5.92 Å². The summed E-state index contributed by atoms with van der Waals surface area (Å²) in [5, 5.41) is 11.4. The van der Waals surface area contributed by atoms with E-state index in [1.54, 1.807) is 24.3 Å². The van der Waals surface area contributed by atoms with E-state index in [2.05, 4.69) is 5.32 Å². The number of rotatable bonds is 7. The van der Waals surface area contributed by atoms with Gasteiger partial charge in [0.25, 0.3) is 5.79 Å². The van der Waals surface area contributed by atoms with Gasteiger partial charge < -0.3 is 24.6 Å². The molecule has 1 aromatic carbocycles. The molecular weight excluding hydrogens is 358 g/mol. The number of esters is 2. The molecular formula is C18H21NO8. The van der Waals surface area contributed by atoms with Crippen LogP contribution in [0, 0.1) is 5.92 Å². The van der Waals surface area contributed by atoms with Crippen molar-refractivity contribution in [1.29, 1.82) is 0 Å². The lowest BCUT2D eigenvalue weighted by Gasteiger charge is -2.33. The molecule has 9 heteroatoms. The van der Waals surface area contributed by atoms with Crippen LogP contribution in [0.2, 0.25) is 0 Å². The van der Waals surface area contributed by atoms with Crippen LogP contribution in [0.15, 0.2) is 30.3 Å². The number of hydrogen-bond donors (Lipinski definition) is 2. The zero-order chi connectivity index (χ0) is 20.0. The highest BCUT2D eigenvalue weighted by atomic mass is 16.7. The van der Waals surface area contributed by atoms with Gasteiger partial charge in [0.1, 0.15) is 6.61 Å². The van der Waals surface area contributed by atoms with Gasteiger partial charge in [-0.25, -0.2) is 4.79 Å². The molecule has 1 atom stereocenters. The smallest absolute Gasteiger partial charge is 0.407 e. The molecule has 1 amide bonds. The average Bonchev–Trinajstić information content (AvgIpc) is 2.56. The molecule has 27 heavy (non-hydrogen) atoms. The Morgan fingerprint density at radius 2 is 1.78 bits per heavy atom. The van der Waals surface area contributed by atoms with Gasteiger partial charge in [-0.1, -0.05) is 30.3 Å². The Morgan fingerprint density at radius 1 is 1.19 bits per heavy atom. The number of carboxylic acids is 1. The fourth-order valence-electron chi connectivity index (χ4n) is 2.56. The number of carbonyl (C=O) groups is 4. The standard InChI is InChI=1S/C18H21NO8/c1-18(2)26-15(22)13(16(23)27-18)8-12(9-14(20)21)19-17(24)25-10-11-6-4-3-5-7-11/h3-7,12-13H,8-10H2,1-2H3,(H,19,24)(H,20,21)/t12-/m0/s1. The predicted octanol–water partition coefficient (Wildman–Crippen LogP) is 1.60. The summed E-state index contributed by atoms with van der Waals surface area (Å²) < 4.78 is 15.0. The number of nitrogens with one attached hydrogen (secondary N) is 1. The third kappa shape index (κ3) is 6.28. The van der Waals surface area contributed by atoms with Crippen molar-refractivity contribution in [2.45, 2.75) is 45.1 Å². The first-order chi connectivity index (χ1) is 12.7. The fraction of sp³-hybridized carbons (Fsp3) is 0.444. The van der Waals surface area contributed by atoms with Gasteiger partial charge in [0.15, 0.2) is 5.92 Å². The number of alkyl carbamates (subject to hydrolysis) is 1. The number of amides is 1. The minimum absolute atomic E-state index is 0.00579. The average molecular weight is 379 g/mol. The topological polar surface area (TPSA) is 128 Å². The van der Waals surface area contributed by atoms with Crippen molar-refractivity contribution < 1.29 is 38.5 Å². The number of carbonyl (C=O) groups excluding carboxylic acids is 3. The van der Waals surface area contributed by atoms with E-state index in [0.717, 1.165) is 5.56 Å². The fourth-order valence-corrected chi connectivity index (χ4v) is 2.56.